The Hall–Kier alpha value is -3.05. The predicted molar refractivity (Wildman–Crippen MR) is 87.8 cm³/mol. The molecule has 0 atom stereocenters. The zero-order chi connectivity index (χ0) is 18.8. The highest BCUT2D eigenvalue weighted by Gasteiger charge is 2.32. The van der Waals surface area contributed by atoms with Crippen molar-refractivity contribution in [2.45, 2.75) is 32.0 Å². The van der Waals surface area contributed by atoms with Crippen LogP contribution in [0.25, 0.3) is 0 Å². The summed E-state index contributed by atoms with van der Waals surface area (Å²) < 4.78 is 33.2. The summed E-state index contributed by atoms with van der Waals surface area (Å²) >= 11 is 0. The van der Waals surface area contributed by atoms with Crippen molar-refractivity contribution in [2.75, 3.05) is 5.32 Å². The molecule has 0 radical (unpaired) electrons. The molecule has 2 N–H and O–H groups in total. The van der Waals surface area contributed by atoms with Gasteiger partial charge in [0.1, 0.15) is 29.4 Å². The Kier molecular flexibility index (Phi) is 4.82. The molecule has 1 saturated carbocycles. The van der Waals surface area contributed by atoms with Crippen molar-refractivity contribution >= 4 is 17.5 Å². The van der Waals surface area contributed by atoms with E-state index in [1.54, 1.807) is 19.1 Å². The van der Waals surface area contributed by atoms with Crippen LogP contribution in [0.5, 0.6) is 0 Å². The van der Waals surface area contributed by atoms with Gasteiger partial charge in [0.05, 0.1) is 11.8 Å². The van der Waals surface area contributed by atoms with E-state index in [1.165, 1.54) is 12.1 Å². The number of aliphatic hydroxyl groups excluding tert-OH is 1. The lowest BCUT2D eigenvalue weighted by atomic mass is 9.92. The quantitative estimate of drug-likeness (QED) is 0.815. The summed E-state index contributed by atoms with van der Waals surface area (Å²) in [5, 5.41) is 20.8. The summed E-state index contributed by atoms with van der Waals surface area (Å²) in [7, 11) is 0. The molecule has 8 heteroatoms. The molecule has 1 heterocycles. The second-order valence-corrected chi connectivity index (χ2v) is 6.09. The summed E-state index contributed by atoms with van der Waals surface area (Å²) in [6.45, 7) is 1.71. The van der Waals surface area contributed by atoms with Crippen LogP contribution in [0.1, 0.15) is 34.5 Å². The normalized spacial score (nSPS) is 18.6. The molecule has 0 bridgehead atoms. The molecule has 0 amide bonds. The van der Waals surface area contributed by atoms with Gasteiger partial charge in [-0.3, -0.25) is 0 Å². The molecular weight excluding hydrogens is 344 g/mol. The van der Waals surface area contributed by atoms with E-state index in [-0.39, 0.29) is 17.1 Å². The lowest BCUT2D eigenvalue weighted by Gasteiger charge is -2.30. The Morgan fingerprint density at radius 2 is 2.08 bits per heavy atom. The van der Waals surface area contributed by atoms with Gasteiger partial charge in [-0.2, -0.15) is 5.26 Å². The topological polar surface area (TPSA) is 95.2 Å². The van der Waals surface area contributed by atoms with Crippen molar-refractivity contribution in [2.24, 2.45) is 0 Å². The van der Waals surface area contributed by atoms with Crippen LogP contribution in [0.4, 0.5) is 20.3 Å². The van der Waals surface area contributed by atoms with Gasteiger partial charge in [0.15, 0.2) is 11.5 Å². The molecule has 134 valence electrons. The first-order valence-electron chi connectivity index (χ1n) is 7.90. The molecule has 0 unspecified atom stereocenters. The molecule has 1 fully saturated rings. The van der Waals surface area contributed by atoms with Crippen LogP contribution < -0.4 is 5.32 Å². The van der Waals surface area contributed by atoms with Gasteiger partial charge in [0.2, 0.25) is 0 Å². The molecule has 0 saturated heterocycles. The first-order valence-corrected chi connectivity index (χ1v) is 7.90. The molecular formula is C18H15F2N3O3. The maximum Gasteiger partial charge on any atom is 0.342 e. The number of hydrogen-bond acceptors (Lipinski definition) is 6. The van der Waals surface area contributed by atoms with Gasteiger partial charge in [-0.25, -0.2) is 18.6 Å². The zero-order valence-corrected chi connectivity index (χ0v) is 13.8. The van der Waals surface area contributed by atoms with Gasteiger partial charge >= 0.3 is 5.97 Å². The van der Waals surface area contributed by atoms with E-state index in [1.807, 2.05) is 0 Å². The number of anilines is 2. The fourth-order valence-corrected chi connectivity index (χ4v) is 2.52. The van der Waals surface area contributed by atoms with E-state index < -0.39 is 35.5 Å². The van der Waals surface area contributed by atoms with Crippen LogP contribution in [-0.4, -0.2) is 28.3 Å². The fourth-order valence-electron chi connectivity index (χ4n) is 2.52. The number of ether oxygens (including phenoxy) is 1. The zero-order valence-electron chi connectivity index (χ0n) is 13.8. The van der Waals surface area contributed by atoms with Gasteiger partial charge in [-0.1, -0.05) is 6.07 Å². The number of nitriles is 1. The summed E-state index contributed by atoms with van der Waals surface area (Å²) in [6, 6.07) is 6.78. The molecule has 1 aliphatic carbocycles. The minimum Gasteiger partial charge on any atom is -0.458 e. The van der Waals surface area contributed by atoms with Gasteiger partial charge in [0.25, 0.3) is 0 Å². The van der Waals surface area contributed by atoms with E-state index in [0.29, 0.717) is 18.4 Å². The smallest absolute Gasteiger partial charge is 0.342 e. The van der Waals surface area contributed by atoms with Crippen molar-refractivity contribution in [3.8, 4) is 6.07 Å². The minimum atomic E-state index is -0.983. The van der Waals surface area contributed by atoms with E-state index in [9.17, 15) is 18.7 Å². The third-order valence-electron chi connectivity index (χ3n) is 4.02. The Balaban J connectivity index is 1.93. The number of esters is 1. The second-order valence-electron chi connectivity index (χ2n) is 6.09. The average Bonchev–Trinajstić information content (AvgIpc) is 2.56. The summed E-state index contributed by atoms with van der Waals surface area (Å²) in [6.07, 6.45) is -0.399. The number of rotatable bonds is 4. The first-order chi connectivity index (χ1) is 12.4. The Labute approximate surface area is 148 Å². The summed E-state index contributed by atoms with van der Waals surface area (Å²) in [5.74, 6) is -2.62. The lowest BCUT2D eigenvalue weighted by molar-refractivity contribution is -0.0466. The Morgan fingerprint density at radius 3 is 2.69 bits per heavy atom. The Morgan fingerprint density at radius 1 is 1.35 bits per heavy atom. The van der Waals surface area contributed by atoms with Crippen molar-refractivity contribution < 1.29 is 23.4 Å². The highest BCUT2D eigenvalue weighted by molar-refractivity contribution is 5.95. The third-order valence-corrected chi connectivity index (χ3v) is 4.02. The maximum atomic E-state index is 14.1. The van der Waals surface area contributed by atoms with Crippen molar-refractivity contribution in [1.82, 2.24) is 4.98 Å². The molecule has 0 aliphatic heterocycles. The molecule has 26 heavy (non-hydrogen) atoms. The second kappa shape index (κ2) is 7.06. The highest BCUT2D eigenvalue weighted by atomic mass is 19.1. The Bertz CT molecular complexity index is 905. The van der Waals surface area contributed by atoms with Gasteiger partial charge < -0.3 is 15.2 Å². The van der Waals surface area contributed by atoms with E-state index in [2.05, 4.69) is 10.3 Å². The van der Waals surface area contributed by atoms with Crippen molar-refractivity contribution in [3.05, 3.63) is 52.7 Å². The van der Waals surface area contributed by atoms with Crippen molar-refractivity contribution in [1.29, 1.82) is 5.26 Å². The van der Waals surface area contributed by atoms with Crippen LogP contribution in [0.2, 0.25) is 0 Å². The van der Waals surface area contributed by atoms with E-state index in [0.717, 1.165) is 6.07 Å². The number of carbonyl (C=O) groups excluding carboxylic acids is 1. The molecule has 6 nitrogen and oxygen atoms in total. The molecule has 0 spiro atoms. The van der Waals surface area contributed by atoms with Gasteiger partial charge in [-0.05, 0) is 30.7 Å². The van der Waals surface area contributed by atoms with Crippen LogP contribution in [0.15, 0.2) is 24.3 Å². The predicted octanol–water partition coefficient (Wildman–Crippen LogP) is 2.96. The largest absolute Gasteiger partial charge is 0.458 e. The summed E-state index contributed by atoms with van der Waals surface area (Å²) in [5.41, 5.74) is -0.0776. The van der Waals surface area contributed by atoms with Crippen LogP contribution in [-0.2, 0) is 4.74 Å². The van der Waals surface area contributed by atoms with Crippen LogP contribution in [0, 0.1) is 29.9 Å². The van der Waals surface area contributed by atoms with Gasteiger partial charge in [-0.15, -0.1) is 0 Å². The SMILES string of the molecule is Cc1ccc(Nc2nc(C#N)c(F)cc2C(=O)OC2CC(O)C2)c(F)c1. The monoisotopic (exact) mass is 359 g/mol. The molecule has 2 aromatic rings. The number of carbonyl (C=O) groups is 1. The van der Waals surface area contributed by atoms with Gasteiger partial charge in [0, 0.05) is 12.8 Å². The summed E-state index contributed by atoms with van der Waals surface area (Å²) in [4.78, 5) is 16.1. The molecule has 1 aromatic carbocycles. The number of nitrogens with zero attached hydrogens (tertiary/aromatic N) is 2. The standard InChI is InChI=1S/C18H15F2N3O3/c1-9-2-3-15(13(19)4-9)22-17-12(7-14(20)16(8-21)23-17)18(25)26-11-5-10(24)6-11/h2-4,7,10-11,24H,5-6H2,1H3,(H,22,23). The van der Waals surface area contributed by atoms with Crippen molar-refractivity contribution in [3.63, 3.8) is 0 Å². The number of aryl methyl sites for hydroxylation is 1. The third kappa shape index (κ3) is 3.63. The number of nitrogens with one attached hydrogen (secondary N) is 1. The molecule has 3 rings (SSSR count). The number of pyridine rings is 1. The number of aliphatic hydroxyl groups is 1. The number of aromatic nitrogens is 1. The van der Waals surface area contributed by atoms with E-state index >= 15 is 0 Å². The number of benzene rings is 1. The average molecular weight is 359 g/mol. The lowest BCUT2D eigenvalue weighted by Crippen LogP contribution is -2.37. The maximum absolute atomic E-state index is 14.1. The number of halogens is 2. The number of hydrogen-bond donors (Lipinski definition) is 2. The first kappa shape index (κ1) is 17.8. The highest BCUT2D eigenvalue weighted by Crippen LogP contribution is 2.28. The van der Waals surface area contributed by atoms with Crippen LogP contribution >= 0.6 is 0 Å². The minimum absolute atomic E-state index is 0.0201. The van der Waals surface area contributed by atoms with Crippen LogP contribution in [0.3, 0.4) is 0 Å². The molecule has 1 aromatic heterocycles. The van der Waals surface area contributed by atoms with E-state index in [4.69, 9.17) is 10.00 Å². The fraction of sp³-hybridized carbons (Fsp3) is 0.278. The molecule has 1 aliphatic rings.